The summed E-state index contributed by atoms with van der Waals surface area (Å²) in [6.07, 6.45) is -0.146. The molecule has 1 aliphatic rings. The number of rotatable bonds is 2. The molecule has 4 heteroatoms. The lowest BCUT2D eigenvalue weighted by Crippen LogP contribution is -2.49. The molecule has 1 unspecified atom stereocenters. The third kappa shape index (κ3) is 2.06. The van der Waals surface area contributed by atoms with E-state index < -0.39 is 6.10 Å². The number of nitrogens with zero attached hydrogens (tertiary/aromatic N) is 1. The molecule has 1 radical (unpaired) electrons. The zero-order valence-corrected chi connectivity index (χ0v) is 6.95. The third-order valence-corrected chi connectivity index (χ3v) is 1.89. The van der Waals surface area contributed by atoms with Gasteiger partial charge in [-0.3, -0.25) is 4.79 Å². The van der Waals surface area contributed by atoms with Crippen molar-refractivity contribution in [3.8, 4) is 0 Å². The highest BCUT2D eigenvalue weighted by Crippen LogP contribution is 1.98. The van der Waals surface area contributed by atoms with Crippen LogP contribution in [0.3, 0.4) is 0 Å². The molecule has 1 heterocycles. The monoisotopic (exact) mass is 169 g/mol. The summed E-state index contributed by atoms with van der Waals surface area (Å²) in [7, 11) is 0. The Balaban J connectivity index is 2.44. The number of nitrogens with one attached hydrogen (secondary N) is 1. The van der Waals surface area contributed by atoms with Crippen LogP contribution in [0, 0.1) is 0 Å². The summed E-state index contributed by atoms with van der Waals surface area (Å²) in [5.74, 6) is -0.355. The molecule has 0 bridgehead atoms. The van der Waals surface area contributed by atoms with Crippen molar-refractivity contribution in [3.05, 3.63) is 12.7 Å². The van der Waals surface area contributed by atoms with E-state index in [0.717, 1.165) is 19.2 Å². The summed E-state index contributed by atoms with van der Waals surface area (Å²) in [6.45, 7) is 6.11. The maximum absolute atomic E-state index is 11.2. The topological polar surface area (TPSA) is 52.2 Å². The van der Waals surface area contributed by atoms with Gasteiger partial charge in [0.05, 0.1) is 0 Å². The minimum atomic E-state index is -1.29. The molecule has 0 saturated carbocycles. The third-order valence-electron chi connectivity index (χ3n) is 1.89. The predicted octanol–water partition coefficient (Wildman–Crippen LogP) is -0.597. The maximum Gasteiger partial charge on any atom is 0.259 e. The van der Waals surface area contributed by atoms with E-state index in [2.05, 4.69) is 11.9 Å². The van der Waals surface area contributed by atoms with Gasteiger partial charge in [0, 0.05) is 26.2 Å². The number of hydrogen-bond donors (Lipinski definition) is 1. The molecule has 1 N–H and O–H groups in total. The first-order valence-electron chi connectivity index (χ1n) is 4.03. The van der Waals surface area contributed by atoms with Gasteiger partial charge in [-0.1, -0.05) is 12.7 Å². The van der Waals surface area contributed by atoms with Crippen LogP contribution in [0.4, 0.5) is 0 Å². The molecule has 4 nitrogen and oxygen atoms in total. The average Bonchev–Trinajstić information content (AvgIpc) is 2.17. The molecule has 1 saturated heterocycles. The van der Waals surface area contributed by atoms with Crippen LogP contribution in [0.25, 0.3) is 0 Å². The molecule has 0 aliphatic carbocycles. The van der Waals surface area contributed by atoms with Crippen LogP contribution in [-0.4, -0.2) is 43.1 Å². The first-order valence-corrected chi connectivity index (χ1v) is 4.03. The van der Waals surface area contributed by atoms with Gasteiger partial charge < -0.3 is 10.2 Å². The van der Waals surface area contributed by atoms with E-state index in [1.165, 1.54) is 0 Å². The molecule has 1 amide bonds. The van der Waals surface area contributed by atoms with Crippen molar-refractivity contribution in [2.24, 2.45) is 0 Å². The van der Waals surface area contributed by atoms with Crippen LogP contribution >= 0.6 is 0 Å². The summed E-state index contributed by atoms with van der Waals surface area (Å²) in [5, 5.41) is 14.1. The number of carbonyl (C=O) groups is 1. The molecule has 12 heavy (non-hydrogen) atoms. The van der Waals surface area contributed by atoms with Crippen LogP contribution in [0.5, 0.6) is 0 Å². The quantitative estimate of drug-likeness (QED) is 0.561. The lowest BCUT2D eigenvalue weighted by atomic mass is 10.2. The van der Waals surface area contributed by atoms with E-state index in [4.69, 9.17) is 0 Å². The van der Waals surface area contributed by atoms with Crippen LogP contribution in [0.1, 0.15) is 0 Å². The zero-order valence-electron chi connectivity index (χ0n) is 6.95. The second-order valence-corrected chi connectivity index (χ2v) is 2.73. The van der Waals surface area contributed by atoms with Gasteiger partial charge in [0.2, 0.25) is 0 Å². The Hall–Kier alpha value is -0.870. The number of carbonyl (C=O) groups excluding carboxylic acids is 1. The molecule has 0 aromatic heterocycles. The highest BCUT2D eigenvalue weighted by Gasteiger charge is 2.21. The van der Waals surface area contributed by atoms with E-state index in [-0.39, 0.29) is 5.91 Å². The van der Waals surface area contributed by atoms with Crippen LogP contribution < -0.4 is 5.32 Å². The fraction of sp³-hybridized carbons (Fsp3) is 0.625. The summed E-state index contributed by atoms with van der Waals surface area (Å²) < 4.78 is 0. The van der Waals surface area contributed by atoms with Crippen molar-refractivity contribution in [2.75, 3.05) is 26.2 Å². The van der Waals surface area contributed by atoms with Gasteiger partial charge in [0.1, 0.15) is 0 Å². The van der Waals surface area contributed by atoms with Crippen molar-refractivity contribution in [3.63, 3.8) is 0 Å². The normalized spacial score (nSPS) is 20.2. The van der Waals surface area contributed by atoms with Gasteiger partial charge in [-0.05, 0) is 0 Å². The Morgan fingerprint density at radius 1 is 1.50 bits per heavy atom. The van der Waals surface area contributed by atoms with Crippen LogP contribution in [-0.2, 0) is 9.90 Å². The minimum absolute atomic E-state index is 0.355. The van der Waals surface area contributed by atoms with Crippen molar-refractivity contribution in [2.45, 2.75) is 6.10 Å². The van der Waals surface area contributed by atoms with E-state index in [9.17, 15) is 9.90 Å². The average molecular weight is 169 g/mol. The Kier molecular flexibility index (Phi) is 3.25. The summed E-state index contributed by atoms with van der Waals surface area (Å²) in [4.78, 5) is 12.8. The first-order chi connectivity index (χ1) is 5.75. The van der Waals surface area contributed by atoms with Gasteiger partial charge in [-0.25, -0.2) is 5.11 Å². The molecule has 0 aromatic carbocycles. The predicted molar refractivity (Wildman–Crippen MR) is 44.1 cm³/mol. The number of hydrogen-bond acceptors (Lipinski definition) is 2. The van der Waals surface area contributed by atoms with Gasteiger partial charge in [0.25, 0.3) is 5.91 Å². The SMILES string of the molecule is C=CC([O])C(=O)N1CCNCC1. The largest absolute Gasteiger partial charge is 0.338 e. The number of amides is 1. The van der Waals surface area contributed by atoms with Gasteiger partial charge in [-0.15, -0.1) is 0 Å². The molecule has 1 aliphatic heterocycles. The van der Waals surface area contributed by atoms with Crippen molar-refractivity contribution in [1.29, 1.82) is 0 Å². The van der Waals surface area contributed by atoms with Crippen molar-refractivity contribution < 1.29 is 9.90 Å². The molecular weight excluding hydrogens is 156 g/mol. The maximum atomic E-state index is 11.2. The van der Waals surface area contributed by atoms with Gasteiger partial charge >= 0.3 is 0 Å². The fourth-order valence-corrected chi connectivity index (χ4v) is 1.17. The first kappa shape index (κ1) is 9.22. The van der Waals surface area contributed by atoms with Crippen LogP contribution in [0.15, 0.2) is 12.7 Å². The molecule has 1 rings (SSSR count). The van der Waals surface area contributed by atoms with Gasteiger partial charge in [0.15, 0.2) is 6.10 Å². The Morgan fingerprint density at radius 2 is 2.08 bits per heavy atom. The van der Waals surface area contributed by atoms with Gasteiger partial charge in [-0.2, -0.15) is 0 Å². The molecule has 1 atom stereocenters. The molecule has 0 spiro atoms. The Bertz CT molecular complexity index is 176. The molecular formula is C8H13N2O2. The second-order valence-electron chi connectivity index (χ2n) is 2.73. The lowest BCUT2D eigenvalue weighted by molar-refractivity contribution is -0.141. The highest BCUT2D eigenvalue weighted by molar-refractivity contribution is 5.82. The number of piperazine rings is 1. The fourth-order valence-electron chi connectivity index (χ4n) is 1.17. The van der Waals surface area contributed by atoms with E-state index in [1.54, 1.807) is 4.90 Å². The smallest absolute Gasteiger partial charge is 0.259 e. The molecule has 1 fully saturated rings. The summed E-state index contributed by atoms with van der Waals surface area (Å²) in [5.41, 5.74) is 0. The highest BCUT2D eigenvalue weighted by atomic mass is 16.3. The molecule has 67 valence electrons. The van der Waals surface area contributed by atoms with E-state index in [1.807, 2.05) is 0 Å². The summed E-state index contributed by atoms with van der Waals surface area (Å²) in [6, 6.07) is 0. The summed E-state index contributed by atoms with van der Waals surface area (Å²) >= 11 is 0. The van der Waals surface area contributed by atoms with Crippen molar-refractivity contribution in [1.82, 2.24) is 10.2 Å². The standard InChI is InChI=1S/C8H13N2O2/c1-2-7(11)8(12)10-5-3-9-4-6-10/h2,7,9H,1,3-6H2. The Labute approximate surface area is 71.9 Å². The van der Waals surface area contributed by atoms with E-state index >= 15 is 0 Å². The zero-order chi connectivity index (χ0) is 8.97. The van der Waals surface area contributed by atoms with Crippen LogP contribution in [0.2, 0.25) is 0 Å². The lowest BCUT2D eigenvalue weighted by Gasteiger charge is -2.27. The van der Waals surface area contributed by atoms with Crippen molar-refractivity contribution >= 4 is 5.91 Å². The second kappa shape index (κ2) is 4.23. The Morgan fingerprint density at radius 3 is 2.58 bits per heavy atom. The minimum Gasteiger partial charge on any atom is -0.338 e. The molecule has 0 aromatic rings. The van der Waals surface area contributed by atoms with E-state index in [0.29, 0.717) is 13.1 Å².